The largest absolute Gasteiger partial charge is 0.343 e. The summed E-state index contributed by atoms with van der Waals surface area (Å²) in [5.74, 6) is 0. The second-order valence-corrected chi connectivity index (χ2v) is 4.17. The summed E-state index contributed by atoms with van der Waals surface area (Å²) in [7, 11) is 2.07. The predicted molar refractivity (Wildman–Crippen MR) is 65.5 cm³/mol. The van der Waals surface area contributed by atoms with E-state index >= 15 is 0 Å². The van der Waals surface area contributed by atoms with E-state index in [0.717, 1.165) is 4.90 Å². The van der Waals surface area contributed by atoms with Crippen molar-refractivity contribution < 1.29 is 0 Å². The maximum absolute atomic E-state index is 4.36. The Balaban J connectivity index is 2.63. The van der Waals surface area contributed by atoms with Crippen molar-refractivity contribution in [3.05, 3.63) is 36.7 Å². The zero-order chi connectivity index (χ0) is 10.4. The molecule has 0 fully saturated rings. The van der Waals surface area contributed by atoms with Crippen LogP contribution in [0.15, 0.2) is 41.6 Å². The maximum atomic E-state index is 4.36. The number of thiol groups is 1. The highest BCUT2D eigenvalue weighted by Crippen LogP contribution is 2.28. The van der Waals surface area contributed by atoms with Gasteiger partial charge in [-0.15, -0.1) is 12.6 Å². The molecule has 2 nitrogen and oxygen atoms in total. The highest BCUT2D eigenvalue weighted by atomic mass is 32.1. The van der Waals surface area contributed by atoms with Crippen molar-refractivity contribution in [1.82, 2.24) is 9.55 Å². The second kappa shape index (κ2) is 3.00. The van der Waals surface area contributed by atoms with Gasteiger partial charge in [0, 0.05) is 40.6 Å². The molecule has 0 N–H and O–H groups in total. The van der Waals surface area contributed by atoms with E-state index < -0.39 is 0 Å². The molecule has 3 rings (SSSR count). The molecule has 0 spiro atoms. The molecule has 2 heterocycles. The normalized spacial score (nSPS) is 11.3. The third-order valence-electron chi connectivity index (χ3n) is 2.79. The van der Waals surface area contributed by atoms with Crippen LogP contribution in [0.2, 0.25) is 0 Å². The summed E-state index contributed by atoms with van der Waals surface area (Å²) >= 11 is 4.36. The lowest BCUT2D eigenvalue weighted by Gasteiger charge is -1.97. The summed E-state index contributed by atoms with van der Waals surface area (Å²) in [4.78, 5) is 5.15. The first kappa shape index (κ1) is 8.80. The molecule has 0 amide bonds. The molecule has 0 aliphatic rings. The number of benzene rings is 1. The van der Waals surface area contributed by atoms with Crippen molar-refractivity contribution in [2.45, 2.75) is 4.90 Å². The molecular formula is C12H10N2S. The highest BCUT2D eigenvalue weighted by Gasteiger charge is 2.07. The molecule has 0 radical (unpaired) electrons. The van der Waals surface area contributed by atoms with Crippen LogP contribution in [-0.2, 0) is 7.05 Å². The number of hydrogen-bond acceptors (Lipinski definition) is 2. The van der Waals surface area contributed by atoms with Crippen LogP contribution in [0.3, 0.4) is 0 Å². The monoisotopic (exact) mass is 214 g/mol. The average molecular weight is 214 g/mol. The highest BCUT2D eigenvalue weighted by molar-refractivity contribution is 7.80. The van der Waals surface area contributed by atoms with E-state index in [1.807, 2.05) is 24.5 Å². The molecule has 1 aromatic carbocycles. The first-order valence-corrected chi connectivity index (χ1v) is 5.23. The number of aromatic nitrogens is 2. The molecule has 0 unspecified atom stereocenters. The van der Waals surface area contributed by atoms with Crippen LogP contribution in [0, 0.1) is 0 Å². The number of hydrogen-bond donors (Lipinski definition) is 1. The summed E-state index contributed by atoms with van der Waals surface area (Å²) in [5.41, 5.74) is 2.41. The summed E-state index contributed by atoms with van der Waals surface area (Å²) < 4.78 is 2.17. The Morgan fingerprint density at radius 3 is 2.87 bits per heavy atom. The summed E-state index contributed by atoms with van der Waals surface area (Å²) in [6.07, 6.45) is 3.73. The van der Waals surface area contributed by atoms with Crippen molar-refractivity contribution in [3.63, 3.8) is 0 Å². The van der Waals surface area contributed by atoms with E-state index in [1.165, 1.54) is 21.8 Å². The molecule has 0 saturated carbocycles. The van der Waals surface area contributed by atoms with Gasteiger partial charge in [-0.3, -0.25) is 4.98 Å². The van der Waals surface area contributed by atoms with Gasteiger partial charge in [0.15, 0.2) is 0 Å². The van der Waals surface area contributed by atoms with Crippen LogP contribution in [0.4, 0.5) is 0 Å². The van der Waals surface area contributed by atoms with Crippen LogP contribution >= 0.6 is 12.6 Å². The van der Waals surface area contributed by atoms with Gasteiger partial charge < -0.3 is 4.57 Å². The van der Waals surface area contributed by atoms with Crippen LogP contribution < -0.4 is 0 Å². The minimum atomic E-state index is 0.987. The second-order valence-electron chi connectivity index (χ2n) is 3.65. The summed E-state index contributed by atoms with van der Waals surface area (Å²) in [5, 5.41) is 2.43. The molecule has 15 heavy (non-hydrogen) atoms. The van der Waals surface area contributed by atoms with Gasteiger partial charge in [0.2, 0.25) is 0 Å². The molecule has 0 bridgehead atoms. The van der Waals surface area contributed by atoms with Gasteiger partial charge in [-0.1, -0.05) is 6.07 Å². The van der Waals surface area contributed by atoms with Crippen LogP contribution in [-0.4, -0.2) is 9.55 Å². The zero-order valence-electron chi connectivity index (χ0n) is 8.31. The van der Waals surface area contributed by atoms with Crippen molar-refractivity contribution in [1.29, 1.82) is 0 Å². The van der Waals surface area contributed by atoms with Gasteiger partial charge in [-0.05, 0) is 18.2 Å². The number of aryl methyl sites for hydroxylation is 1. The molecule has 3 heteroatoms. The third kappa shape index (κ3) is 1.16. The summed E-state index contributed by atoms with van der Waals surface area (Å²) in [6.45, 7) is 0. The number of pyridine rings is 1. The van der Waals surface area contributed by atoms with E-state index in [2.05, 4.69) is 41.4 Å². The van der Waals surface area contributed by atoms with Gasteiger partial charge in [0.1, 0.15) is 0 Å². The van der Waals surface area contributed by atoms with Gasteiger partial charge in [0.25, 0.3) is 0 Å². The maximum Gasteiger partial charge on any atom is 0.0519 e. The van der Waals surface area contributed by atoms with Crippen LogP contribution in [0.5, 0.6) is 0 Å². The minimum Gasteiger partial charge on any atom is -0.343 e. The van der Waals surface area contributed by atoms with E-state index in [9.17, 15) is 0 Å². The van der Waals surface area contributed by atoms with Crippen LogP contribution in [0.25, 0.3) is 21.8 Å². The fraction of sp³-hybridized carbons (Fsp3) is 0.0833. The molecule has 0 saturated heterocycles. The lowest BCUT2D eigenvalue weighted by atomic mass is 10.2. The molecule has 0 aliphatic heterocycles. The molecule has 74 valence electrons. The SMILES string of the molecule is Cn1c2ccncc2c2ccc(S)cc21. The summed E-state index contributed by atoms with van der Waals surface area (Å²) in [6, 6.07) is 8.23. The van der Waals surface area contributed by atoms with Gasteiger partial charge in [-0.25, -0.2) is 0 Å². The van der Waals surface area contributed by atoms with E-state index in [-0.39, 0.29) is 0 Å². The van der Waals surface area contributed by atoms with Crippen LogP contribution in [0.1, 0.15) is 0 Å². The van der Waals surface area contributed by atoms with E-state index in [4.69, 9.17) is 0 Å². The fourth-order valence-electron chi connectivity index (χ4n) is 2.04. The minimum absolute atomic E-state index is 0.987. The standard InChI is InChI=1S/C12H10N2S/c1-14-11-4-5-13-7-10(11)9-3-2-8(15)6-12(9)14/h2-7,15H,1H3. The molecular weight excluding hydrogens is 204 g/mol. The molecule has 3 aromatic rings. The van der Waals surface area contributed by atoms with Crippen molar-refractivity contribution in [3.8, 4) is 0 Å². The van der Waals surface area contributed by atoms with E-state index in [1.54, 1.807) is 0 Å². The Bertz CT molecular complexity index is 655. The average Bonchev–Trinajstić information content (AvgIpc) is 2.54. The van der Waals surface area contributed by atoms with Crippen molar-refractivity contribution in [2.24, 2.45) is 7.05 Å². The smallest absolute Gasteiger partial charge is 0.0519 e. The number of rotatable bonds is 0. The first-order valence-electron chi connectivity index (χ1n) is 4.78. The van der Waals surface area contributed by atoms with Crippen molar-refractivity contribution in [2.75, 3.05) is 0 Å². The Kier molecular flexibility index (Phi) is 1.76. The van der Waals surface area contributed by atoms with Crippen molar-refractivity contribution >= 4 is 34.4 Å². The Morgan fingerprint density at radius 2 is 2.00 bits per heavy atom. The van der Waals surface area contributed by atoms with Gasteiger partial charge in [0.05, 0.1) is 5.52 Å². The predicted octanol–water partition coefficient (Wildman–Crippen LogP) is 3.02. The quantitative estimate of drug-likeness (QED) is 0.569. The Labute approximate surface area is 93.0 Å². The lowest BCUT2D eigenvalue weighted by molar-refractivity contribution is 1.01. The fourth-order valence-corrected chi connectivity index (χ4v) is 2.24. The number of nitrogens with zero attached hydrogens (tertiary/aromatic N) is 2. The molecule has 2 aromatic heterocycles. The zero-order valence-corrected chi connectivity index (χ0v) is 9.20. The Morgan fingerprint density at radius 1 is 1.13 bits per heavy atom. The Hall–Kier alpha value is -1.48. The topological polar surface area (TPSA) is 17.8 Å². The van der Waals surface area contributed by atoms with Gasteiger partial charge in [-0.2, -0.15) is 0 Å². The first-order chi connectivity index (χ1) is 7.27. The lowest BCUT2D eigenvalue weighted by Crippen LogP contribution is -1.85. The molecule has 0 atom stereocenters. The van der Waals surface area contributed by atoms with E-state index in [0.29, 0.717) is 0 Å². The molecule has 0 aliphatic carbocycles. The third-order valence-corrected chi connectivity index (χ3v) is 3.07. The van der Waals surface area contributed by atoms with Gasteiger partial charge >= 0.3 is 0 Å². The number of fused-ring (bicyclic) bond motifs is 3.